The molecular weight excluding hydrogens is 228 g/mol. The van der Waals surface area contributed by atoms with Crippen LogP contribution in [0.25, 0.3) is 11.0 Å². The number of aryl methyl sites for hydroxylation is 1. The van der Waals surface area contributed by atoms with E-state index < -0.39 is 22.9 Å². The van der Waals surface area contributed by atoms with Crippen molar-refractivity contribution in [3.8, 4) is 11.5 Å². The molecule has 6 nitrogen and oxygen atoms in total. The van der Waals surface area contributed by atoms with E-state index in [2.05, 4.69) is 0 Å². The van der Waals surface area contributed by atoms with Gasteiger partial charge in [-0.15, -0.1) is 0 Å². The maximum absolute atomic E-state index is 11.4. The summed E-state index contributed by atoms with van der Waals surface area (Å²) >= 11 is 0. The second-order valence-electron chi connectivity index (χ2n) is 3.52. The molecule has 2 rings (SSSR count). The van der Waals surface area contributed by atoms with Gasteiger partial charge in [-0.3, -0.25) is 0 Å². The lowest BCUT2D eigenvalue weighted by Crippen LogP contribution is -2.13. The number of aromatic carboxylic acids is 1. The second-order valence-corrected chi connectivity index (χ2v) is 3.52. The average Bonchev–Trinajstić information content (AvgIpc) is 2.22. The van der Waals surface area contributed by atoms with Crippen LogP contribution in [0.3, 0.4) is 0 Å². The highest BCUT2D eigenvalue weighted by Crippen LogP contribution is 2.35. The minimum absolute atomic E-state index is 0.0301. The van der Waals surface area contributed by atoms with Crippen LogP contribution in [0.5, 0.6) is 11.5 Å². The number of rotatable bonds is 1. The Morgan fingerprint density at radius 2 is 1.94 bits per heavy atom. The van der Waals surface area contributed by atoms with Crippen molar-refractivity contribution in [3.63, 3.8) is 0 Å². The summed E-state index contributed by atoms with van der Waals surface area (Å²) in [6, 6.07) is 2.77. The average molecular weight is 236 g/mol. The summed E-state index contributed by atoms with van der Waals surface area (Å²) in [6.07, 6.45) is 0. The van der Waals surface area contributed by atoms with Crippen molar-refractivity contribution in [2.45, 2.75) is 6.92 Å². The van der Waals surface area contributed by atoms with Crippen molar-refractivity contribution in [1.82, 2.24) is 0 Å². The number of hydrogen-bond donors (Lipinski definition) is 3. The van der Waals surface area contributed by atoms with E-state index in [1.165, 1.54) is 12.1 Å². The van der Waals surface area contributed by atoms with Crippen LogP contribution in [0, 0.1) is 6.92 Å². The summed E-state index contributed by atoms with van der Waals surface area (Å²) in [5.74, 6) is -2.75. The van der Waals surface area contributed by atoms with Gasteiger partial charge in [-0.1, -0.05) is 6.07 Å². The number of benzene rings is 1. The van der Waals surface area contributed by atoms with Gasteiger partial charge in [0.15, 0.2) is 11.3 Å². The van der Waals surface area contributed by atoms with Crippen LogP contribution in [-0.2, 0) is 0 Å². The van der Waals surface area contributed by atoms with Gasteiger partial charge in [0.1, 0.15) is 16.7 Å². The lowest BCUT2D eigenvalue weighted by Gasteiger charge is -2.06. The number of carbonyl (C=O) groups is 1. The highest BCUT2D eigenvalue weighted by Gasteiger charge is 2.22. The monoisotopic (exact) mass is 236 g/mol. The zero-order valence-corrected chi connectivity index (χ0v) is 8.72. The van der Waals surface area contributed by atoms with Crippen molar-refractivity contribution in [1.29, 1.82) is 0 Å². The van der Waals surface area contributed by atoms with Gasteiger partial charge in [0.05, 0.1) is 0 Å². The Hall–Kier alpha value is -2.50. The Kier molecular flexibility index (Phi) is 2.27. The molecule has 0 bridgehead atoms. The smallest absolute Gasteiger partial charge is 0.354 e. The molecule has 0 aliphatic carbocycles. The molecule has 2 aromatic rings. The van der Waals surface area contributed by atoms with E-state index in [-0.39, 0.29) is 16.7 Å². The van der Waals surface area contributed by atoms with Gasteiger partial charge in [-0.25, -0.2) is 9.59 Å². The summed E-state index contributed by atoms with van der Waals surface area (Å²) in [6.45, 7) is 1.60. The number of carboxylic acid groups (broad SMARTS) is 1. The fourth-order valence-electron chi connectivity index (χ4n) is 1.59. The van der Waals surface area contributed by atoms with Crippen LogP contribution in [0.2, 0.25) is 0 Å². The number of carboxylic acids is 1. The Balaban J connectivity index is 3.08. The van der Waals surface area contributed by atoms with E-state index in [0.717, 1.165) is 0 Å². The van der Waals surface area contributed by atoms with Crippen LogP contribution < -0.4 is 5.63 Å². The van der Waals surface area contributed by atoms with Crippen molar-refractivity contribution >= 4 is 16.9 Å². The largest absolute Gasteiger partial charge is 0.507 e. The Bertz CT molecular complexity index is 682. The Morgan fingerprint density at radius 3 is 2.53 bits per heavy atom. The molecule has 0 amide bonds. The standard InChI is InChI=1S/C11H8O6/c1-4-2-3-5(12)6-8(13)7(10(14)15)11(16)17-9(4)6/h2-3,12-13H,1H3,(H,14,15). The second kappa shape index (κ2) is 3.51. The lowest BCUT2D eigenvalue weighted by molar-refractivity contribution is 0.0689. The molecule has 0 saturated carbocycles. The fraction of sp³-hybridized carbons (Fsp3) is 0.0909. The van der Waals surface area contributed by atoms with Crippen LogP contribution in [0.15, 0.2) is 21.3 Å². The van der Waals surface area contributed by atoms with Gasteiger partial charge in [0.25, 0.3) is 0 Å². The van der Waals surface area contributed by atoms with E-state index in [1.807, 2.05) is 0 Å². The zero-order valence-electron chi connectivity index (χ0n) is 8.72. The first-order chi connectivity index (χ1) is 7.93. The molecule has 1 aromatic carbocycles. The molecule has 0 unspecified atom stereocenters. The van der Waals surface area contributed by atoms with Gasteiger partial charge in [0, 0.05) is 0 Å². The molecule has 0 aliphatic rings. The summed E-state index contributed by atoms with van der Waals surface area (Å²) in [4.78, 5) is 22.2. The van der Waals surface area contributed by atoms with Crippen molar-refractivity contribution in [2.75, 3.05) is 0 Å². The van der Waals surface area contributed by atoms with Gasteiger partial charge in [-0.05, 0) is 18.6 Å². The Labute approximate surface area is 94.4 Å². The molecule has 88 valence electrons. The molecule has 17 heavy (non-hydrogen) atoms. The minimum Gasteiger partial charge on any atom is -0.507 e. The summed E-state index contributed by atoms with van der Waals surface area (Å²) in [5.41, 5.74) is -1.57. The summed E-state index contributed by atoms with van der Waals surface area (Å²) in [5, 5.41) is 27.8. The third-order valence-corrected chi connectivity index (χ3v) is 2.42. The van der Waals surface area contributed by atoms with Crippen LogP contribution >= 0.6 is 0 Å². The highest BCUT2D eigenvalue weighted by atomic mass is 16.4. The summed E-state index contributed by atoms with van der Waals surface area (Å²) < 4.78 is 4.79. The highest BCUT2D eigenvalue weighted by molar-refractivity contribution is 6.00. The third kappa shape index (κ3) is 1.50. The van der Waals surface area contributed by atoms with E-state index in [1.54, 1.807) is 6.92 Å². The number of phenolic OH excluding ortho intramolecular Hbond substituents is 1. The molecule has 0 aliphatic heterocycles. The molecule has 0 fully saturated rings. The quantitative estimate of drug-likeness (QED) is 0.642. The first-order valence-electron chi connectivity index (χ1n) is 4.65. The maximum atomic E-state index is 11.4. The molecule has 6 heteroatoms. The summed E-state index contributed by atoms with van der Waals surface area (Å²) in [7, 11) is 0. The molecule has 0 saturated heterocycles. The van der Waals surface area contributed by atoms with E-state index in [4.69, 9.17) is 9.52 Å². The third-order valence-electron chi connectivity index (χ3n) is 2.42. The first kappa shape index (κ1) is 11.0. The van der Waals surface area contributed by atoms with Crippen LogP contribution in [0.4, 0.5) is 0 Å². The topological polar surface area (TPSA) is 108 Å². The Morgan fingerprint density at radius 1 is 1.29 bits per heavy atom. The maximum Gasteiger partial charge on any atom is 0.354 e. The predicted octanol–water partition coefficient (Wildman–Crippen LogP) is 1.21. The number of hydrogen-bond acceptors (Lipinski definition) is 5. The predicted molar refractivity (Wildman–Crippen MR) is 57.5 cm³/mol. The zero-order chi connectivity index (χ0) is 12.7. The number of phenols is 1. The van der Waals surface area contributed by atoms with Crippen molar-refractivity contribution in [3.05, 3.63) is 33.7 Å². The van der Waals surface area contributed by atoms with E-state index in [0.29, 0.717) is 5.56 Å². The van der Waals surface area contributed by atoms with Crippen molar-refractivity contribution in [2.24, 2.45) is 0 Å². The molecule has 0 atom stereocenters. The van der Waals surface area contributed by atoms with Crippen LogP contribution in [0.1, 0.15) is 15.9 Å². The van der Waals surface area contributed by atoms with Gasteiger partial charge in [-0.2, -0.15) is 0 Å². The molecule has 0 radical (unpaired) electrons. The molecule has 1 aromatic heterocycles. The van der Waals surface area contributed by atoms with Crippen molar-refractivity contribution < 1.29 is 24.5 Å². The van der Waals surface area contributed by atoms with E-state index >= 15 is 0 Å². The number of aromatic hydroxyl groups is 2. The van der Waals surface area contributed by atoms with E-state index in [9.17, 15) is 19.8 Å². The SMILES string of the molecule is Cc1ccc(O)c2c(O)c(C(=O)O)c(=O)oc12. The molecule has 1 heterocycles. The number of fused-ring (bicyclic) bond motifs is 1. The van der Waals surface area contributed by atoms with Gasteiger partial charge >= 0.3 is 11.6 Å². The first-order valence-corrected chi connectivity index (χ1v) is 4.65. The molecule has 3 N–H and O–H groups in total. The lowest BCUT2D eigenvalue weighted by atomic mass is 10.1. The fourth-order valence-corrected chi connectivity index (χ4v) is 1.59. The minimum atomic E-state index is -1.61. The molecule has 0 spiro atoms. The van der Waals surface area contributed by atoms with Gasteiger partial charge in [0.2, 0.25) is 0 Å². The van der Waals surface area contributed by atoms with Crippen LogP contribution in [-0.4, -0.2) is 21.3 Å². The van der Waals surface area contributed by atoms with Gasteiger partial charge < -0.3 is 19.7 Å². The normalized spacial score (nSPS) is 10.6. The molecular formula is C11H8O6.